The predicted molar refractivity (Wildman–Crippen MR) is 86.3 cm³/mol. The number of rotatable bonds is 4. The second-order valence-corrected chi connectivity index (χ2v) is 5.71. The average Bonchev–Trinajstić information content (AvgIpc) is 2.87. The van der Waals surface area contributed by atoms with Gasteiger partial charge in [0.15, 0.2) is 0 Å². The molecule has 0 spiro atoms. The van der Waals surface area contributed by atoms with Crippen LogP contribution in [0.3, 0.4) is 0 Å². The summed E-state index contributed by atoms with van der Waals surface area (Å²) in [5.74, 6) is 0.415. The van der Waals surface area contributed by atoms with Gasteiger partial charge in [0.25, 0.3) is 0 Å². The van der Waals surface area contributed by atoms with E-state index in [2.05, 4.69) is 24.5 Å². The molecule has 0 saturated heterocycles. The van der Waals surface area contributed by atoms with Gasteiger partial charge in [0.05, 0.1) is 16.6 Å². The number of fused-ring (bicyclic) bond motifs is 1. The van der Waals surface area contributed by atoms with E-state index in [0.29, 0.717) is 18.0 Å². The van der Waals surface area contributed by atoms with Gasteiger partial charge in [-0.1, -0.05) is 38.1 Å². The maximum absolute atomic E-state index is 11.1. The number of aromatic carboxylic acids is 1. The molecule has 4 nitrogen and oxygen atoms in total. The van der Waals surface area contributed by atoms with Crippen LogP contribution in [-0.2, 0) is 6.54 Å². The first-order valence-corrected chi connectivity index (χ1v) is 7.33. The number of hydrogen-bond acceptors (Lipinski definition) is 2. The molecule has 0 fully saturated rings. The lowest BCUT2D eigenvalue weighted by Gasteiger charge is -2.12. The Balaban J connectivity index is 2.08. The molecular formula is C18H18N2O2. The number of benzene rings is 2. The molecule has 112 valence electrons. The van der Waals surface area contributed by atoms with E-state index in [1.807, 2.05) is 24.3 Å². The third kappa shape index (κ3) is 2.60. The van der Waals surface area contributed by atoms with Crippen LogP contribution < -0.4 is 0 Å². The van der Waals surface area contributed by atoms with Crippen LogP contribution >= 0.6 is 0 Å². The second-order valence-electron chi connectivity index (χ2n) is 5.71. The molecule has 4 heteroatoms. The molecule has 1 heterocycles. The average molecular weight is 294 g/mol. The van der Waals surface area contributed by atoms with E-state index < -0.39 is 5.97 Å². The molecule has 1 N–H and O–H groups in total. The number of carboxylic acid groups (broad SMARTS) is 1. The van der Waals surface area contributed by atoms with Gasteiger partial charge in [0.2, 0.25) is 0 Å². The third-order valence-corrected chi connectivity index (χ3v) is 3.72. The Morgan fingerprint density at radius 1 is 1.18 bits per heavy atom. The SMILES string of the molecule is CC(C)c1nc2ccccc2n1Cc1cccc(C(=O)O)c1. The molecule has 3 rings (SSSR count). The summed E-state index contributed by atoms with van der Waals surface area (Å²) in [5.41, 5.74) is 3.32. The molecule has 22 heavy (non-hydrogen) atoms. The molecule has 1 aromatic heterocycles. The molecule has 0 bridgehead atoms. The Hall–Kier alpha value is -2.62. The van der Waals surface area contributed by atoms with Gasteiger partial charge in [-0.3, -0.25) is 0 Å². The summed E-state index contributed by atoms with van der Waals surface area (Å²) < 4.78 is 2.17. The van der Waals surface area contributed by atoms with Crippen molar-refractivity contribution in [3.63, 3.8) is 0 Å². The number of para-hydroxylation sites is 2. The summed E-state index contributed by atoms with van der Waals surface area (Å²) in [6.07, 6.45) is 0. The molecular weight excluding hydrogens is 276 g/mol. The minimum Gasteiger partial charge on any atom is -0.478 e. The van der Waals surface area contributed by atoms with Gasteiger partial charge in [-0.05, 0) is 29.8 Å². The van der Waals surface area contributed by atoms with E-state index in [9.17, 15) is 4.79 Å². The summed E-state index contributed by atoms with van der Waals surface area (Å²) in [6, 6.07) is 15.1. The molecule has 3 aromatic rings. The zero-order valence-electron chi connectivity index (χ0n) is 12.7. The number of imidazole rings is 1. The quantitative estimate of drug-likeness (QED) is 0.793. The van der Waals surface area contributed by atoms with Gasteiger partial charge in [0.1, 0.15) is 5.82 Å². The number of hydrogen-bond donors (Lipinski definition) is 1. The van der Waals surface area contributed by atoms with Crippen LogP contribution in [0.2, 0.25) is 0 Å². The number of carboxylic acids is 1. The summed E-state index contributed by atoms with van der Waals surface area (Å²) in [6.45, 7) is 4.85. The van der Waals surface area contributed by atoms with Crippen molar-refractivity contribution in [1.82, 2.24) is 9.55 Å². The van der Waals surface area contributed by atoms with Crippen molar-refractivity contribution in [2.24, 2.45) is 0 Å². The molecule has 0 saturated carbocycles. The molecule has 0 radical (unpaired) electrons. The first kappa shape index (κ1) is 14.3. The van der Waals surface area contributed by atoms with Gasteiger partial charge < -0.3 is 9.67 Å². The van der Waals surface area contributed by atoms with Crippen molar-refractivity contribution in [2.75, 3.05) is 0 Å². The predicted octanol–water partition coefficient (Wildman–Crippen LogP) is 3.91. The maximum Gasteiger partial charge on any atom is 0.335 e. The highest BCUT2D eigenvalue weighted by atomic mass is 16.4. The van der Waals surface area contributed by atoms with Gasteiger partial charge in [-0.15, -0.1) is 0 Å². The number of carbonyl (C=O) groups is 1. The fraction of sp³-hybridized carbons (Fsp3) is 0.222. The Labute approximate surface area is 129 Å². The highest BCUT2D eigenvalue weighted by molar-refractivity contribution is 5.87. The summed E-state index contributed by atoms with van der Waals surface area (Å²) in [7, 11) is 0. The van der Waals surface area contributed by atoms with Gasteiger partial charge in [0, 0.05) is 12.5 Å². The second kappa shape index (κ2) is 5.64. The van der Waals surface area contributed by atoms with E-state index in [-0.39, 0.29) is 0 Å². The lowest BCUT2D eigenvalue weighted by atomic mass is 10.1. The molecule has 0 amide bonds. The highest BCUT2D eigenvalue weighted by Gasteiger charge is 2.14. The highest BCUT2D eigenvalue weighted by Crippen LogP contribution is 2.23. The normalized spacial score (nSPS) is 11.2. The van der Waals surface area contributed by atoms with Crippen LogP contribution in [0.5, 0.6) is 0 Å². The minimum absolute atomic E-state index is 0.301. The Morgan fingerprint density at radius 2 is 1.95 bits per heavy atom. The zero-order valence-corrected chi connectivity index (χ0v) is 12.7. The van der Waals surface area contributed by atoms with E-state index >= 15 is 0 Å². The number of aromatic nitrogens is 2. The zero-order chi connectivity index (χ0) is 15.7. The smallest absolute Gasteiger partial charge is 0.335 e. The summed E-state index contributed by atoms with van der Waals surface area (Å²) in [5, 5.41) is 9.13. The van der Waals surface area contributed by atoms with E-state index in [0.717, 1.165) is 22.4 Å². The summed E-state index contributed by atoms with van der Waals surface area (Å²) in [4.78, 5) is 15.8. The van der Waals surface area contributed by atoms with Crippen LogP contribution in [0.25, 0.3) is 11.0 Å². The maximum atomic E-state index is 11.1. The van der Waals surface area contributed by atoms with Crippen molar-refractivity contribution in [3.8, 4) is 0 Å². The van der Waals surface area contributed by atoms with Crippen molar-refractivity contribution in [3.05, 3.63) is 65.5 Å². The fourth-order valence-corrected chi connectivity index (χ4v) is 2.69. The molecule has 0 aliphatic rings. The Morgan fingerprint density at radius 3 is 2.68 bits per heavy atom. The Kier molecular flexibility index (Phi) is 3.67. The van der Waals surface area contributed by atoms with Crippen LogP contribution in [0.15, 0.2) is 48.5 Å². The monoisotopic (exact) mass is 294 g/mol. The Bertz CT molecular complexity index is 834. The molecule has 0 aliphatic heterocycles. The largest absolute Gasteiger partial charge is 0.478 e. The number of nitrogens with zero attached hydrogens (tertiary/aromatic N) is 2. The van der Waals surface area contributed by atoms with Crippen molar-refractivity contribution in [1.29, 1.82) is 0 Å². The fourth-order valence-electron chi connectivity index (χ4n) is 2.69. The molecule has 0 unspecified atom stereocenters. The van der Waals surface area contributed by atoms with E-state index in [1.165, 1.54) is 0 Å². The van der Waals surface area contributed by atoms with Gasteiger partial charge >= 0.3 is 5.97 Å². The third-order valence-electron chi connectivity index (χ3n) is 3.72. The van der Waals surface area contributed by atoms with Crippen molar-refractivity contribution in [2.45, 2.75) is 26.3 Å². The standard InChI is InChI=1S/C18H18N2O2/c1-12(2)17-19-15-8-3-4-9-16(15)20(17)11-13-6-5-7-14(10-13)18(21)22/h3-10,12H,11H2,1-2H3,(H,21,22). The van der Waals surface area contributed by atoms with Crippen molar-refractivity contribution < 1.29 is 9.90 Å². The van der Waals surface area contributed by atoms with E-state index in [4.69, 9.17) is 10.1 Å². The molecule has 0 atom stereocenters. The lowest BCUT2D eigenvalue weighted by Crippen LogP contribution is -2.07. The van der Waals surface area contributed by atoms with Crippen LogP contribution in [-0.4, -0.2) is 20.6 Å². The van der Waals surface area contributed by atoms with E-state index in [1.54, 1.807) is 18.2 Å². The van der Waals surface area contributed by atoms with Gasteiger partial charge in [-0.25, -0.2) is 9.78 Å². The van der Waals surface area contributed by atoms with Crippen LogP contribution in [0, 0.1) is 0 Å². The minimum atomic E-state index is -0.901. The van der Waals surface area contributed by atoms with Crippen LogP contribution in [0.1, 0.15) is 41.5 Å². The molecule has 0 aliphatic carbocycles. The molecule has 2 aromatic carbocycles. The van der Waals surface area contributed by atoms with Crippen molar-refractivity contribution >= 4 is 17.0 Å². The summed E-state index contributed by atoms with van der Waals surface area (Å²) >= 11 is 0. The van der Waals surface area contributed by atoms with Crippen LogP contribution in [0.4, 0.5) is 0 Å². The van der Waals surface area contributed by atoms with Gasteiger partial charge in [-0.2, -0.15) is 0 Å². The first-order valence-electron chi connectivity index (χ1n) is 7.33. The topological polar surface area (TPSA) is 55.1 Å². The first-order chi connectivity index (χ1) is 10.6. The lowest BCUT2D eigenvalue weighted by molar-refractivity contribution is 0.0696.